The second kappa shape index (κ2) is 16.8. The Morgan fingerprint density at radius 3 is 2.14 bits per heavy atom. The van der Waals surface area contributed by atoms with Gasteiger partial charge < -0.3 is 0 Å². The molecule has 0 saturated carbocycles. The Hall–Kier alpha value is -2.86. The number of allylic oxidation sites excluding steroid dienone is 12. The van der Waals surface area contributed by atoms with Crippen molar-refractivity contribution in [2.45, 2.75) is 92.9 Å². The predicted octanol–water partition coefficient (Wildman–Crippen LogP) is 11.8. The minimum absolute atomic E-state index is 0.319. The average Bonchev–Trinajstić information content (AvgIpc) is 2.85. The Bertz CT molecular complexity index is 1060. The zero-order valence-corrected chi connectivity index (χ0v) is 24.9. The third-order valence-electron chi connectivity index (χ3n) is 7.05. The van der Waals surface area contributed by atoms with Crippen LogP contribution in [-0.4, -0.2) is 0 Å². The van der Waals surface area contributed by atoms with Crippen molar-refractivity contribution in [1.82, 2.24) is 0 Å². The Labute approximate surface area is 229 Å². The van der Waals surface area contributed by atoms with Crippen LogP contribution in [0.2, 0.25) is 0 Å². The van der Waals surface area contributed by atoms with E-state index in [4.69, 9.17) is 0 Å². The van der Waals surface area contributed by atoms with Gasteiger partial charge in [0.15, 0.2) is 0 Å². The highest BCUT2D eigenvalue weighted by molar-refractivity contribution is 5.82. The Morgan fingerprint density at radius 1 is 0.919 bits per heavy atom. The maximum Gasteiger partial charge on any atom is 0.00411 e. The van der Waals surface area contributed by atoms with Crippen molar-refractivity contribution in [2.24, 2.45) is 5.92 Å². The molecule has 0 radical (unpaired) electrons. The smallest absolute Gasteiger partial charge is 0.00411 e. The zero-order chi connectivity index (χ0) is 28.0. The molecule has 0 amide bonds. The predicted molar refractivity (Wildman–Crippen MR) is 170 cm³/mol. The van der Waals surface area contributed by atoms with Crippen LogP contribution in [0.25, 0.3) is 5.57 Å². The molecule has 37 heavy (non-hydrogen) atoms. The molecule has 200 valence electrons. The first kappa shape index (κ1) is 32.2. The van der Waals surface area contributed by atoms with E-state index in [9.17, 15) is 0 Å². The molecule has 0 heteroatoms. The molecule has 0 aliphatic rings. The number of rotatable bonds is 16. The van der Waals surface area contributed by atoms with Crippen LogP contribution in [0, 0.1) is 12.8 Å². The summed E-state index contributed by atoms with van der Waals surface area (Å²) in [5.41, 5.74) is 10.8. The van der Waals surface area contributed by atoms with E-state index in [0.29, 0.717) is 11.8 Å². The number of benzene rings is 1. The van der Waals surface area contributed by atoms with Crippen LogP contribution in [0.15, 0.2) is 109 Å². The van der Waals surface area contributed by atoms with Crippen molar-refractivity contribution in [3.8, 4) is 0 Å². The molecule has 0 aliphatic carbocycles. The van der Waals surface area contributed by atoms with Crippen molar-refractivity contribution in [3.05, 3.63) is 126 Å². The first-order valence-electron chi connectivity index (χ1n) is 14.1. The third-order valence-corrected chi connectivity index (χ3v) is 7.05. The fourth-order valence-electron chi connectivity index (χ4n) is 4.75. The third kappa shape index (κ3) is 10.2. The van der Waals surface area contributed by atoms with Crippen LogP contribution in [0.4, 0.5) is 0 Å². The second-order valence-electron chi connectivity index (χ2n) is 10.8. The molecule has 0 aliphatic heterocycles. The Kier molecular flexibility index (Phi) is 14.6. The lowest BCUT2D eigenvalue weighted by Gasteiger charge is -2.21. The van der Waals surface area contributed by atoms with E-state index in [1.54, 1.807) is 0 Å². The van der Waals surface area contributed by atoms with Gasteiger partial charge in [-0.25, -0.2) is 0 Å². The summed E-state index contributed by atoms with van der Waals surface area (Å²) in [7, 11) is 0. The Morgan fingerprint density at radius 2 is 1.59 bits per heavy atom. The number of hydrogen-bond acceptors (Lipinski definition) is 0. The minimum atomic E-state index is 0.319. The molecular formula is C37H52. The van der Waals surface area contributed by atoms with Crippen LogP contribution in [0.3, 0.4) is 0 Å². The molecule has 1 atom stereocenters. The van der Waals surface area contributed by atoms with Crippen molar-refractivity contribution in [3.63, 3.8) is 0 Å². The van der Waals surface area contributed by atoms with Crippen LogP contribution in [0.5, 0.6) is 0 Å². The highest BCUT2D eigenvalue weighted by atomic mass is 14.2. The van der Waals surface area contributed by atoms with E-state index in [2.05, 4.69) is 117 Å². The molecule has 1 aromatic carbocycles. The molecule has 0 bridgehead atoms. The van der Waals surface area contributed by atoms with E-state index in [-0.39, 0.29) is 0 Å². The van der Waals surface area contributed by atoms with Gasteiger partial charge in [0.25, 0.3) is 0 Å². The summed E-state index contributed by atoms with van der Waals surface area (Å²) in [6.07, 6.45) is 20.1. The fraction of sp³-hybridized carbons (Fsp3) is 0.405. The van der Waals surface area contributed by atoms with Crippen molar-refractivity contribution >= 4 is 5.57 Å². The first-order valence-corrected chi connectivity index (χ1v) is 14.1. The fourth-order valence-corrected chi connectivity index (χ4v) is 4.75. The molecule has 1 unspecified atom stereocenters. The van der Waals surface area contributed by atoms with Gasteiger partial charge in [0.05, 0.1) is 0 Å². The van der Waals surface area contributed by atoms with Crippen molar-refractivity contribution in [1.29, 1.82) is 0 Å². The summed E-state index contributed by atoms with van der Waals surface area (Å²) in [5, 5.41) is 0. The van der Waals surface area contributed by atoms with Gasteiger partial charge in [-0.2, -0.15) is 0 Å². The first-order chi connectivity index (χ1) is 17.6. The van der Waals surface area contributed by atoms with Crippen molar-refractivity contribution < 1.29 is 0 Å². The maximum absolute atomic E-state index is 4.55. The molecule has 0 saturated heterocycles. The van der Waals surface area contributed by atoms with Crippen LogP contribution >= 0.6 is 0 Å². The molecule has 0 N–H and O–H groups in total. The van der Waals surface area contributed by atoms with Gasteiger partial charge in [-0.15, -0.1) is 6.58 Å². The van der Waals surface area contributed by atoms with Crippen LogP contribution < -0.4 is 0 Å². The molecule has 1 rings (SSSR count). The van der Waals surface area contributed by atoms with Crippen LogP contribution in [-0.2, 0) is 0 Å². The standard InChI is InChI=1S/C37H52/c1-12-16-17-18-19-21-29(9)24-34(20-13-2)32(14-3)25-36(28(7)8)31(11)33-23-22-30(10)37(26-33)35(15-4)27(5)6/h13-15,20,22-27,35H,2-4,11-12,16-19,21H2,1,5-10H3/b29-24+,32-25+,34-20+. The molecule has 0 aromatic heterocycles. The van der Waals surface area contributed by atoms with E-state index in [1.165, 1.54) is 54.4 Å². The van der Waals surface area contributed by atoms with Gasteiger partial charge in [-0.3, -0.25) is 0 Å². The monoisotopic (exact) mass is 496 g/mol. The normalized spacial score (nSPS) is 13.4. The highest BCUT2D eigenvalue weighted by Gasteiger charge is 2.16. The second-order valence-corrected chi connectivity index (χ2v) is 10.8. The van der Waals surface area contributed by atoms with Gasteiger partial charge in [0.1, 0.15) is 0 Å². The van der Waals surface area contributed by atoms with Gasteiger partial charge >= 0.3 is 0 Å². The zero-order valence-electron chi connectivity index (χ0n) is 24.9. The van der Waals surface area contributed by atoms with Gasteiger partial charge in [-0.05, 0) is 91.5 Å². The van der Waals surface area contributed by atoms with E-state index in [0.717, 1.165) is 34.3 Å². The van der Waals surface area contributed by atoms with E-state index in [1.807, 2.05) is 12.2 Å². The molecular weight excluding hydrogens is 444 g/mol. The topological polar surface area (TPSA) is 0 Å². The summed E-state index contributed by atoms with van der Waals surface area (Å²) in [6.45, 7) is 32.3. The SMILES string of the molecule is C=C/C=C(\C=C(/C)CCCCCCC)C(/C=C)=C/C(C(=C)c1ccc(C)c(C(C=C)C(C)C)c1)=C(C)C. The maximum atomic E-state index is 4.55. The number of unbranched alkanes of at least 4 members (excludes halogenated alkanes) is 4. The quantitative estimate of drug-likeness (QED) is 0.121. The Balaban J connectivity index is 3.39. The molecule has 1 aromatic rings. The minimum Gasteiger partial charge on any atom is -0.102 e. The lowest BCUT2D eigenvalue weighted by atomic mass is 9.83. The summed E-state index contributed by atoms with van der Waals surface area (Å²) in [6, 6.07) is 6.71. The van der Waals surface area contributed by atoms with Crippen molar-refractivity contribution in [2.75, 3.05) is 0 Å². The van der Waals surface area contributed by atoms with Crippen LogP contribution in [0.1, 0.15) is 103 Å². The average molecular weight is 497 g/mol. The summed E-state index contributed by atoms with van der Waals surface area (Å²) < 4.78 is 0. The lowest BCUT2D eigenvalue weighted by Crippen LogP contribution is -2.06. The number of hydrogen-bond donors (Lipinski definition) is 0. The summed E-state index contributed by atoms with van der Waals surface area (Å²) in [5.74, 6) is 0.808. The van der Waals surface area contributed by atoms with Gasteiger partial charge in [0.2, 0.25) is 0 Å². The van der Waals surface area contributed by atoms with E-state index < -0.39 is 0 Å². The molecule has 0 nitrogen and oxygen atoms in total. The molecule has 0 spiro atoms. The molecule has 0 heterocycles. The summed E-state index contributed by atoms with van der Waals surface area (Å²) >= 11 is 0. The number of aryl methyl sites for hydroxylation is 1. The van der Waals surface area contributed by atoms with E-state index >= 15 is 0 Å². The van der Waals surface area contributed by atoms with Gasteiger partial charge in [-0.1, -0.05) is 126 Å². The lowest BCUT2D eigenvalue weighted by molar-refractivity contribution is 0.576. The molecule has 0 fully saturated rings. The highest BCUT2D eigenvalue weighted by Crippen LogP contribution is 2.34. The van der Waals surface area contributed by atoms with Gasteiger partial charge in [0, 0.05) is 5.92 Å². The summed E-state index contributed by atoms with van der Waals surface area (Å²) in [4.78, 5) is 0. The largest absolute Gasteiger partial charge is 0.102 e.